The zero-order valence-electron chi connectivity index (χ0n) is 14.0. The minimum absolute atomic E-state index is 0.314. The van der Waals surface area contributed by atoms with Crippen molar-refractivity contribution in [3.8, 4) is 11.4 Å². The molecule has 0 aliphatic carbocycles. The highest BCUT2D eigenvalue weighted by Gasteiger charge is 2.11. The number of rotatable bonds is 7. The molecule has 1 aromatic heterocycles. The summed E-state index contributed by atoms with van der Waals surface area (Å²) in [6.45, 7) is 3.73. The predicted molar refractivity (Wildman–Crippen MR) is 94.3 cm³/mol. The molecule has 1 unspecified atom stereocenters. The molecule has 1 heterocycles. The van der Waals surface area contributed by atoms with Crippen LogP contribution in [-0.4, -0.2) is 39.9 Å². The van der Waals surface area contributed by atoms with E-state index in [9.17, 15) is 0 Å². The van der Waals surface area contributed by atoms with Crippen molar-refractivity contribution < 1.29 is 4.74 Å². The number of nitrogens with zero attached hydrogens (tertiary/aromatic N) is 4. The van der Waals surface area contributed by atoms with Gasteiger partial charge in [0.2, 0.25) is 0 Å². The largest absolute Gasteiger partial charge is 0.492 e. The van der Waals surface area contributed by atoms with Crippen LogP contribution in [-0.2, 0) is 0 Å². The average molecular weight is 322 g/mol. The van der Waals surface area contributed by atoms with E-state index in [1.165, 1.54) is 11.9 Å². The topological polar surface area (TPSA) is 43.2 Å². The predicted octanol–water partition coefficient (Wildman–Crippen LogP) is 3.34. The Balaban J connectivity index is 1.54. The maximum absolute atomic E-state index is 5.77. The van der Waals surface area contributed by atoms with Gasteiger partial charge < -0.3 is 4.74 Å². The molecule has 24 heavy (non-hydrogen) atoms. The van der Waals surface area contributed by atoms with Crippen LogP contribution in [0.25, 0.3) is 5.69 Å². The molecule has 0 saturated heterocycles. The molecule has 0 aliphatic rings. The van der Waals surface area contributed by atoms with E-state index in [4.69, 9.17) is 4.74 Å². The number of hydrogen-bond acceptors (Lipinski definition) is 4. The summed E-state index contributed by atoms with van der Waals surface area (Å²) in [6, 6.07) is 18.6. The average Bonchev–Trinajstić information content (AvgIpc) is 3.17. The summed E-state index contributed by atoms with van der Waals surface area (Å²) in [5.74, 6) is 0.913. The summed E-state index contributed by atoms with van der Waals surface area (Å²) in [5, 5.41) is 4.14. The molecule has 0 N–H and O–H groups in total. The first-order chi connectivity index (χ1) is 11.7. The normalized spacial score (nSPS) is 12.3. The third kappa shape index (κ3) is 4.00. The molecule has 0 radical (unpaired) electrons. The number of aromatic nitrogens is 3. The monoisotopic (exact) mass is 322 g/mol. The number of hydrogen-bond donors (Lipinski definition) is 0. The maximum Gasteiger partial charge on any atom is 0.138 e. The van der Waals surface area contributed by atoms with E-state index in [0.717, 1.165) is 18.0 Å². The highest BCUT2D eigenvalue weighted by molar-refractivity contribution is 5.34. The smallest absolute Gasteiger partial charge is 0.138 e. The van der Waals surface area contributed by atoms with E-state index in [1.807, 2.05) is 30.3 Å². The lowest BCUT2D eigenvalue weighted by molar-refractivity contribution is 0.201. The quantitative estimate of drug-likeness (QED) is 0.669. The van der Waals surface area contributed by atoms with Crippen LogP contribution < -0.4 is 4.74 Å². The molecular weight excluding hydrogens is 300 g/mol. The van der Waals surface area contributed by atoms with Crippen LogP contribution >= 0.6 is 0 Å². The molecule has 0 amide bonds. The van der Waals surface area contributed by atoms with Crippen molar-refractivity contribution in [2.45, 2.75) is 13.0 Å². The fraction of sp³-hybridized carbons (Fsp3) is 0.263. The van der Waals surface area contributed by atoms with E-state index >= 15 is 0 Å². The molecular formula is C19H22N4O. The lowest BCUT2D eigenvalue weighted by Crippen LogP contribution is -2.27. The molecule has 2 aromatic carbocycles. The van der Waals surface area contributed by atoms with Crippen LogP contribution in [0.2, 0.25) is 0 Å². The Morgan fingerprint density at radius 2 is 1.83 bits per heavy atom. The number of likely N-dealkylation sites (N-methyl/N-ethyl adjacent to an activating group) is 1. The second kappa shape index (κ2) is 7.75. The van der Waals surface area contributed by atoms with Crippen molar-refractivity contribution in [1.29, 1.82) is 0 Å². The third-order valence-electron chi connectivity index (χ3n) is 4.18. The Labute approximate surface area is 142 Å². The first-order valence-corrected chi connectivity index (χ1v) is 8.07. The molecule has 5 nitrogen and oxygen atoms in total. The number of para-hydroxylation sites is 1. The molecule has 0 fully saturated rings. The molecule has 1 atom stereocenters. The van der Waals surface area contributed by atoms with Crippen molar-refractivity contribution in [1.82, 2.24) is 19.7 Å². The van der Waals surface area contributed by atoms with Crippen molar-refractivity contribution in [2.75, 3.05) is 20.2 Å². The van der Waals surface area contributed by atoms with Gasteiger partial charge in [0.05, 0.1) is 5.69 Å². The molecule has 0 bridgehead atoms. The maximum atomic E-state index is 5.77. The lowest BCUT2D eigenvalue weighted by atomic mass is 10.1. The molecule has 0 saturated carbocycles. The molecule has 124 valence electrons. The van der Waals surface area contributed by atoms with E-state index < -0.39 is 0 Å². The van der Waals surface area contributed by atoms with Crippen molar-refractivity contribution in [3.05, 3.63) is 72.8 Å². The zero-order valence-corrected chi connectivity index (χ0v) is 14.0. The first kappa shape index (κ1) is 16.2. The third-order valence-corrected chi connectivity index (χ3v) is 4.18. The van der Waals surface area contributed by atoms with Gasteiger partial charge in [-0.05, 0) is 43.8 Å². The van der Waals surface area contributed by atoms with Gasteiger partial charge in [0, 0.05) is 12.6 Å². The van der Waals surface area contributed by atoms with Crippen LogP contribution in [0.3, 0.4) is 0 Å². The second-order valence-electron chi connectivity index (χ2n) is 5.75. The van der Waals surface area contributed by atoms with Crippen LogP contribution in [0.5, 0.6) is 5.75 Å². The van der Waals surface area contributed by atoms with Gasteiger partial charge in [-0.2, -0.15) is 5.10 Å². The lowest BCUT2D eigenvalue weighted by Gasteiger charge is -2.25. The van der Waals surface area contributed by atoms with Crippen molar-refractivity contribution >= 4 is 0 Å². The summed E-state index contributed by atoms with van der Waals surface area (Å²) in [6.07, 6.45) is 3.24. The Morgan fingerprint density at radius 3 is 2.50 bits per heavy atom. The van der Waals surface area contributed by atoms with E-state index in [2.05, 4.69) is 53.2 Å². The molecule has 0 spiro atoms. The Hall–Kier alpha value is -2.66. The molecule has 0 aliphatic heterocycles. The van der Waals surface area contributed by atoms with E-state index in [-0.39, 0.29) is 0 Å². The van der Waals surface area contributed by atoms with Crippen LogP contribution in [0.4, 0.5) is 0 Å². The van der Waals surface area contributed by atoms with Gasteiger partial charge in [0.25, 0.3) is 0 Å². The van der Waals surface area contributed by atoms with Gasteiger partial charge in [0.1, 0.15) is 25.0 Å². The minimum atomic E-state index is 0.314. The van der Waals surface area contributed by atoms with Crippen molar-refractivity contribution in [2.24, 2.45) is 0 Å². The van der Waals surface area contributed by atoms with Gasteiger partial charge in [-0.3, -0.25) is 4.90 Å². The van der Waals surface area contributed by atoms with Crippen molar-refractivity contribution in [3.63, 3.8) is 0 Å². The first-order valence-electron chi connectivity index (χ1n) is 8.07. The van der Waals surface area contributed by atoms with Gasteiger partial charge in [-0.25, -0.2) is 9.67 Å². The minimum Gasteiger partial charge on any atom is -0.492 e. The Morgan fingerprint density at radius 1 is 1.08 bits per heavy atom. The highest BCUT2D eigenvalue weighted by Crippen LogP contribution is 2.20. The Kier molecular flexibility index (Phi) is 5.23. The van der Waals surface area contributed by atoms with Gasteiger partial charge in [-0.1, -0.05) is 30.3 Å². The summed E-state index contributed by atoms with van der Waals surface area (Å²) in [4.78, 5) is 6.26. The molecule has 5 heteroatoms. The molecule has 3 rings (SSSR count). The summed E-state index contributed by atoms with van der Waals surface area (Å²) < 4.78 is 7.53. The van der Waals surface area contributed by atoms with Crippen LogP contribution in [0.15, 0.2) is 67.3 Å². The molecule has 3 aromatic rings. The second-order valence-corrected chi connectivity index (χ2v) is 5.75. The summed E-state index contributed by atoms with van der Waals surface area (Å²) in [5.41, 5.74) is 2.28. The van der Waals surface area contributed by atoms with Gasteiger partial charge >= 0.3 is 0 Å². The number of benzene rings is 2. The highest BCUT2D eigenvalue weighted by atomic mass is 16.5. The fourth-order valence-electron chi connectivity index (χ4n) is 2.52. The van der Waals surface area contributed by atoms with Gasteiger partial charge in [-0.15, -0.1) is 0 Å². The standard InChI is InChI=1S/C19H22N4O/c1-16(22(2)12-13-24-19-6-4-3-5-7-19)17-8-10-18(11-9-17)23-15-20-14-21-23/h3-11,14-16H,12-13H2,1-2H3. The van der Waals surface area contributed by atoms with Crippen LogP contribution in [0, 0.1) is 0 Å². The van der Waals surface area contributed by atoms with Gasteiger partial charge in [0.15, 0.2) is 0 Å². The van der Waals surface area contributed by atoms with E-state index in [1.54, 1.807) is 11.0 Å². The number of ether oxygens (including phenoxy) is 1. The summed E-state index contributed by atoms with van der Waals surface area (Å²) in [7, 11) is 2.12. The summed E-state index contributed by atoms with van der Waals surface area (Å²) >= 11 is 0. The van der Waals surface area contributed by atoms with E-state index in [0.29, 0.717) is 12.6 Å². The SMILES string of the molecule is CC(c1ccc(-n2cncn2)cc1)N(C)CCOc1ccccc1. The Bertz CT molecular complexity index is 726. The van der Waals surface area contributed by atoms with Crippen LogP contribution in [0.1, 0.15) is 18.5 Å². The zero-order chi connectivity index (χ0) is 16.8. The fourth-order valence-corrected chi connectivity index (χ4v) is 2.52.